The lowest BCUT2D eigenvalue weighted by Crippen LogP contribution is -2.16. The monoisotopic (exact) mass is 491 g/mol. The summed E-state index contributed by atoms with van der Waals surface area (Å²) in [5, 5.41) is 3.75. The molecule has 0 unspecified atom stereocenters. The molecule has 2 rings (SSSR count). The van der Waals surface area contributed by atoms with E-state index in [0.29, 0.717) is 10.6 Å². The molecular weight excluding hydrogens is 476 g/mol. The predicted molar refractivity (Wildman–Crippen MR) is 105 cm³/mol. The van der Waals surface area contributed by atoms with Crippen LogP contribution in [0.3, 0.4) is 0 Å². The molecule has 0 aliphatic heterocycles. The SMILES string of the molecule is CCc1ccc(Cl)c(CC)c1NC(=O)c1cc(Br)ccc1I. The fourth-order valence-electron chi connectivity index (χ4n) is 2.32. The van der Waals surface area contributed by atoms with Crippen LogP contribution in [0.5, 0.6) is 0 Å². The normalized spacial score (nSPS) is 10.6. The third-order valence-electron chi connectivity index (χ3n) is 3.49. The smallest absolute Gasteiger partial charge is 0.256 e. The molecule has 0 atom stereocenters. The van der Waals surface area contributed by atoms with Crippen LogP contribution in [0.15, 0.2) is 34.8 Å². The van der Waals surface area contributed by atoms with Gasteiger partial charge in [-0.1, -0.05) is 47.4 Å². The number of carbonyl (C=O) groups excluding carboxylic acids is 1. The van der Waals surface area contributed by atoms with Crippen molar-refractivity contribution in [3.63, 3.8) is 0 Å². The first-order valence-electron chi connectivity index (χ1n) is 7.04. The quantitative estimate of drug-likeness (QED) is 0.515. The van der Waals surface area contributed by atoms with Gasteiger partial charge in [-0.3, -0.25) is 4.79 Å². The molecule has 0 saturated heterocycles. The fraction of sp³-hybridized carbons (Fsp3) is 0.235. The minimum atomic E-state index is -0.114. The Labute approximate surface area is 157 Å². The van der Waals surface area contributed by atoms with Crippen molar-refractivity contribution in [1.82, 2.24) is 0 Å². The molecule has 0 spiro atoms. The number of hydrogen-bond acceptors (Lipinski definition) is 1. The summed E-state index contributed by atoms with van der Waals surface area (Å²) in [5.41, 5.74) is 3.58. The Kier molecular flexibility index (Phi) is 6.29. The van der Waals surface area contributed by atoms with Gasteiger partial charge in [0, 0.05) is 18.8 Å². The second kappa shape index (κ2) is 7.79. The maximum atomic E-state index is 12.7. The molecule has 2 aromatic carbocycles. The van der Waals surface area contributed by atoms with E-state index in [-0.39, 0.29) is 5.91 Å². The van der Waals surface area contributed by atoms with Crippen LogP contribution >= 0.6 is 50.1 Å². The fourth-order valence-corrected chi connectivity index (χ4v) is 3.55. The number of anilines is 1. The Balaban J connectivity index is 2.44. The van der Waals surface area contributed by atoms with Gasteiger partial charge in [-0.2, -0.15) is 0 Å². The summed E-state index contributed by atoms with van der Waals surface area (Å²) in [4.78, 5) is 12.7. The van der Waals surface area contributed by atoms with Crippen LogP contribution in [-0.2, 0) is 12.8 Å². The van der Waals surface area contributed by atoms with Crippen LogP contribution in [0.4, 0.5) is 5.69 Å². The minimum absolute atomic E-state index is 0.114. The van der Waals surface area contributed by atoms with Crippen molar-refractivity contribution in [3.05, 3.63) is 60.1 Å². The van der Waals surface area contributed by atoms with Gasteiger partial charge in [0.15, 0.2) is 0 Å². The number of rotatable bonds is 4. The number of benzene rings is 2. The highest BCUT2D eigenvalue weighted by atomic mass is 127. The molecule has 0 radical (unpaired) electrons. The van der Waals surface area contributed by atoms with Crippen molar-refractivity contribution >= 4 is 61.7 Å². The summed E-state index contributed by atoms with van der Waals surface area (Å²) in [6.45, 7) is 4.11. The van der Waals surface area contributed by atoms with Gasteiger partial charge in [0.1, 0.15) is 0 Å². The van der Waals surface area contributed by atoms with Gasteiger partial charge in [-0.05, 0) is 70.8 Å². The van der Waals surface area contributed by atoms with Gasteiger partial charge in [0.25, 0.3) is 5.91 Å². The summed E-state index contributed by atoms with van der Waals surface area (Å²) < 4.78 is 1.80. The second-order valence-electron chi connectivity index (χ2n) is 4.85. The zero-order valence-electron chi connectivity index (χ0n) is 12.3. The van der Waals surface area contributed by atoms with Gasteiger partial charge in [-0.25, -0.2) is 0 Å². The molecule has 22 heavy (non-hydrogen) atoms. The summed E-state index contributed by atoms with van der Waals surface area (Å²) in [6.07, 6.45) is 1.62. The Bertz CT molecular complexity index is 718. The first-order valence-corrected chi connectivity index (χ1v) is 9.29. The van der Waals surface area contributed by atoms with Crippen molar-refractivity contribution in [2.75, 3.05) is 5.32 Å². The number of nitrogens with one attached hydrogen (secondary N) is 1. The largest absolute Gasteiger partial charge is 0.321 e. The number of aryl methyl sites for hydroxylation is 1. The Hall–Kier alpha value is -0.590. The van der Waals surface area contributed by atoms with Crippen molar-refractivity contribution in [2.45, 2.75) is 26.7 Å². The molecule has 0 heterocycles. The van der Waals surface area contributed by atoms with Gasteiger partial charge in [-0.15, -0.1) is 0 Å². The highest BCUT2D eigenvalue weighted by molar-refractivity contribution is 14.1. The molecule has 1 N–H and O–H groups in total. The van der Waals surface area contributed by atoms with Crippen molar-refractivity contribution in [2.24, 2.45) is 0 Å². The van der Waals surface area contributed by atoms with Gasteiger partial charge in [0.2, 0.25) is 0 Å². The van der Waals surface area contributed by atoms with Crippen LogP contribution < -0.4 is 5.32 Å². The number of carbonyl (C=O) groups is 1. The lowest BCUT2D eigenvalue weighted by molar-refractivity contribution is 0.102. The van der Waals surface area contributed by atoms with Crippen molar-refractivity contribution in [1.29, 1.82) is 0 Å². The maximum Gasteiger partial charge on any atom is 0.256 e. The van der Waals surface area contributed by atoms with Crippen LogP contribution in [0.2, 0.25) is 5.02 Å². The van der Waals surface area contributed by atoms with Gasteiger partial charge in [0.05, 0.1) is 5.56 Å². The first-order chi connectivity index (χ1) is 10.5. The molecule has 0 aliphatic rings. The molecule has 1 amide bonds. The molecule has 0 aromatic heterocycles. The number of halogens is 3. The van der Waals surface area contributed by atoms with Gasteiger partial charge >= 0.3 is 0 Å². The third kappa shape index (κ3) is 3.84. The molecule has 0 saturated carbocycles. The van der Waals surface area contributed by atoms with Crippen LogP contribution in [-0.4, -0.2) is 5.91 Å². The molecule has 0 fully saturated rings. The zero-order valence-corrected chi connectivity index (χ0v) is 16.8. The van der Waals surface area contributed by atoms with Crippen molar-refractivity contribution < 1.29 is 4.79 Å². The van der Waals surface area contributed by atoms with E-state index in [0.717, 1.165) is 37.7 Å². The minimum Gasteiger partial charge on any atom is -0.321 e. The van der Waals surface area contributed by atoms with E-state index >= 15 is 0 Å². The van der Waals surface area contributed by atoms with Crippen LogP contribution in [0.1, 0.15) is 35.3 Å². The first kappa shape index (κ1) is 17.8. The number of amides is 1. The van der Waals surface area contributed by atoms with E-state index in [1.807, 2.05) is 37.3 Å². The zero-order chi connectivity index (χ0) is 16.3. The molecule has 0 bridgehead atoms. The third-order valence-corrected chi connectivity index (χ3v) is 5.28. The van der Waals surface area contributed by atoms with E-state index in [9.17, 15) is 4.79 Å². The summed E-state index contributed by atoms with van der Waals surface area (Å²) in [6, 6.07) is 9.55. The summed E-state index contributed by atoms with van der Waals surface area (Å²) >= 11 is 11.9. The average Bonchev–Trinajstić information content (AvgIpc) is 2.50. The topological polar surface area (TPSA) is 29.1 Å². The van der Waals surface area contributed by atoms with E-state index in [1.54, 1.807) is 0 Å². The highest BCUT2D eigenvalue weighted by Crippen LogP contribution is 2.30. The second-order valence-corrected chi connectivity index (χ2v) is 7.33. The summed E-state index contributed by atoms with van der Waals surface area (Å²) in [7, 11) is 0. The maximum absolute atomic E-state index is 12.7. The summed E-state index contributed by atoms with van der Waals surface area (Å²) in [5.74, 6) is -0.114. The molecule has 2 nitrogen and oxygen atoms in total. The Morgan fingerprint density at radius 2 is 1.95 bits per heavy atom. The van der Waals surface area contributed by atoms with Gasteiger partial charge < -0.3 is 5.32 Å². The van der Waals surface area contributed by atoms with E-state index in [2.05, 4.69) is 50.8 Å². The highest BCUT2D eigenvalue weighted by Gasteiger charge is 2.16. The van der Waals surface area contributed by atoms with E-state index < -0.39 is 0 Å². The molecule has 0 aliphatic carbocycles. The Morgan fingerprint density at radius 1 is 1.23 bits per heavy atom. The number of hydrogen-bond donors (Lipinski definition) is 1. The lowest BCUT2D eigenvalue weighted by atomic mass is 10.0. The lowest BCUT2D eigenvalue weighted by Gasteiger charge is -2.16. The molecule has 116 valence electrons. The molecule has 5 heteroatoms. The van der Waals surface area contributed by atoms with E-state index in [1.165, 1.54) is 0 Å². The van der Waals surface area contributed by atoms with Crippen molar-refractivity contribution in [3.8, 4) is 0 Å². The Morgan fingerprint density at radius 3 is 2.59 bits per heavy atom. The van der Waals surface area contributed by atoms with Crippen LogP contribution in [0, 0.1) is 3.57 Å². The van der Waals surface area contributed by atoms with Crippen LogP contribution in [0.25, 0.3) is 0 Å². The van der Waals surface area contributed by atoms with E-state index in [4.69, 9.17) is 11.6 Å². The molecular formula is C17H16BrClINO. The predicted octanol–water partition coefficient (Wildman–Crippen LogP) is 6.08. The average molecular weight is 493 g/mol. The standard InChI is InChI=1S/C17H16BrClINO/c1-3-10-5-7-14(19)12(4-2)16(10)21-17(22)13-9-11(18)6-8-15(13)20/h5-9H,3-4H2,1-2H3,(H,21,22). The molecule has 2 aromatic rings.